The van der Waals surface area contributed by atoms with Crippen molar-refractivity contribution >= 4 is 40.7 Å². The van der Waals surface area contributed by atoms with Crippen LogP contribution in [-0.2, 0) is 16.1 Å². The molecule has 0 aliphatic carbocycles. The van der Waals surface area contributed by atoms with Crippen LogP contribution in [0.25, 0.3) is 0 Å². The molecular formula is C21H24Cl2N4O2. The van der Waals surface area contributed by atoms with Crippen LogP contribution in [0.5, 0.6) is 0 Å². The van der Waals surface area contributed by atoms with Crippen LogP contribution in [-0.4, -0.2) is 60.9 Å². The maximum Gasteiger partial charge on any atom is 0.238 e. The van der Waals surface area contributed by atoms with Crippen LogP contribution >= 0.6 is 23.2 Å². The highest BCUT2D eigenvalue weighted by atomic mass is 35.5. The van der Waals surface area contributed by atoms with E-state index in [0.717, 1.165) is 31.7 Å². The quantitative estimate of drug-likeness (QED) is 0.702. The van der Waals surface area contributed by atoms with Crippen molar-refractivity contribution in [3.63, 3.8) is 0 Å². The summed E-state index contributed by atoms with van der Waals surface area (Å²) in [5.74, 6) is -0.102. The van der Waals surface area contributed by atoms with Crippen LogP contribution in [0, 0.1) is 0 Å². The summed E-state index contributed by atoms with van der Waals surface area (Å²) in [4.78, 5) is 28.6. The number of hydrogen-bond acceptors (Lipinski definition) is 4. The number of piperazine rings is 1. The van der Waals surface area contributed by atoms with Gasteiger partial charge in [0.05, 0.1) is 13.1 Å². The molecule has 2 N–H and O–H groups in total. The molecule has 2 aromatic rings. The van der Waals surface area contributed by atoms with Gasteiger partial charge in [-0.25, -0.2) is 0 Å². The average molecular weight is 435 g/mol. The molecule has 0 atom stereocenters. The van der Waals surface area contributed by atoms with Gasteiger partial charge in [0.15, 0.2) is 0 Å². The van der Waals surface area contributed by atoms with Gasteiger partial charge < -0.3 is 10.6 Å². The van der Waals surface area contributed by atoms with Crippen molar-refractivity contribution in [2.24, 2.45) is 0 Å². The summed E-state index contributed by atoms with van der Waals surface area (Å²) in [6, 6.07) is 14.8. The fourth-order valence-electron chi connectivity index (χ4n) is 3.19. The molecule has 2 amide bonds. The summed E-state index contributed by atoms with van der Waals surface area (Å²) in [7, 11) is 0. The van der Waals surface area contributed by atoms with Crippen LogP contribution in [0.2, 0.25) is 10.0 Å². The van der Waals surface area contributed by atoms with E-state index in [9.17, 15) is 9.59 Å². The van der Waals surface area contributed by atoms with Crippen LogP contribution in [0.3, 0.4) is 0 Å². The third kappa shape index (κ3) is 7.33. The number of rotatable bonds is 7. The Hall–Kier alpha value is -2.12. The smallest absolute Gasteiger partial charge is 0.238 e. The van der Waals surface area contributed by atoms with E-state index in [1.54, 1.807) is 18.2 Å². The normalized spacial score (nSPS) is 15.1. The molecule has 1 fully saturated rings. The summed E-state index contributed by atoms with van der Waals surface area (Å²) in [6.45, 7) is 4.15. The number of carbonyl (C=O) groups excluding carboxylic acids is 2. The summed E-state index contributed by atoms with van der Waals surface area (Å²) in [5, 5.41) is 6.72. The number of benzene rings is 2. The molecular weight excluding hydrogens is 411 g/mol. The Kier molecular flexibility index (Phi) is 7.89. The number of halogens is 2. The summed E-state index contributed by atoms with van der Waals surface area (Å²) < 4.78 is 0. The van der Waals surface area contributed by atoms with Gasteiger partial charge in [-0.1, -0.05) is 53.5 Å². The molecule has 0 aromatic heterocycles. The topological polar surface area (TPSA) is 64.7 Å². The van der Waals surface area contributed by atoms with E-state index in [2.05, 4.69) is 20.4 Å². The van der Waals surface area contributed by atoms with E-state index in [0.29, 0.717) is 28.8 Å². The van der Waals surface area contributed by atoms with E-state index < -0.39 is 0 Å². The molecule has 3 rings (SSSR count). The zero-order valence-corrected chi connectivity index (χ0v) is 17.5. The van der Waals surface area contributed by atoms with Crippen LogP contribution in [0.1, 0.15) is 5.56 Å². The number of anilines is 1. The number of nitrogens with one attached hydrogen (secondary N) is 2. The lowest BCUT2D eigenvalue weighted by atomic mass is 10.2. The minimum Gasteiger partial charge on any atom is -0.351 e. The summed E-state index contributed by atoms with van der Waals surface area (Å²) >= 11 is 11.9. The van der Waals surface area contributed by atoms with Gasteiger partial charge in [-0.2, -0.15) is 0 Å². The van der Waals surface area contributed by atoms with E-state index >= 15 is 0 Å². The zero-order chi connectivity index (χ0) is 20.6. The Bertz CT molecular complexity index is 820. The molecule has 0 spiro atoms. The second kappa shape index (κ2) is 10.6. The largest absolute Gasteiger partial charge is 0.351 e. The first-order valence-electron chi connectivity index (χ1n) is 9.49. The van der Waals surface area contributed by atoms with Gasteiger partial charge in [-0.05, 0) is 23.8 Å². The SMILES string of the molecule is O=C(CN1CCN(CC(=O)Nc2cc(Cl)cc(Cl)c2)CC1)NCc1ccccc1. The molecule has 0 unspecified atom stereocenters. The predicted molar refractivity (Wildman–Crippen MR) is 116 cm³/mol. The monoisotopic (exact) mass is 434 g/mol. The first kappa shape index (κ1) is 21.6. The van der Waals surface area contributed by atoms with Gasteiger partial charge in [0, 0.05) is 48.5 Å². The molecule has 1 heterocycles. The van der Waals surface area contributed by atoms with E-state index in [-0.39, 0.29) is 18.4 Å². The lowest BCUT2D eigenvalue weighted by molar-refractivity contribution is -0.123. The number of hydrogen-bond donors (Lipinski definition) is 2. The maximum absolute atomic E-state index is 12.3. The second-order valence-corrected chi connectivity index (χ2v) is 7.89. The summed E-state index contributed by atoms with van der Waals surface area (Å²) in [6.07, 6.45) is 0. The van der Waals surface area contributed by atoms with Crippen LogP contribution in [0.15, 0.2) is 48.5 Å². The minimum atomic E-state index is -0.114. The van der Waals surface area contributed by atoms with Gasteiger partial charge in [0.2, 0.25) is 11.8 Å². The van der Waals surface area contributed by atoms with E-state index in [1.165, 1.54) is 0 Å². The Balaban J connectivity index is 1.36. The molecule has 0 saturated carbocycles. The Morgan fingerprint density at radius 2 is 1.38 bits per heavy atom. The molecule has 2 aromatic carbocycles. The Morgan fingerprint density at radius 3 is 1.97 bits per heavy atom. The lowest BCUT2D eigenvalue weighted by Crippen LogP contribution is -2.50. The van der Waals surface area contributed by atoms with Crippen molar-refractivity contribution in [3.05, 3.63) is 64.1 Å². The highest BCUT2D eigenvalue weighted by molar-refractivity contribution is 6.35. The fourth-order valence-corrected chi connectivity index (χ4v) is 3.72. The van der Waals surface area contributed by atoms with E-state index in [1.807, 2.05) is 30.3 Å². The molecule has 154 valence electrons. The minimum absolute atomic E-state index is 0.0119. The molecule has 1 aliphatic rings. The van der Waals surface area contributed by atoms with E-state index in [4.69, 9.17) is 23.2 Å². The highest BCUT2D eigenvalue weighted by Gasteiger charge is 2.20. The Labute approximate surface area is 180 Å². The van der Waals surface area contributed by atoms with Gasteiger partial charge in [-0.15, -0.1) is 0 Å². The molecule has 1 aliphatic heterocycles. The standard InChI is InChI=1S/C21H24Cl2N4O2/c22-17-10-18(23)12-19(11-17)25-21(29)15-27-8-6-26(7-9-27)14-20(28)24-13-16-4-2-1-3-5-16/h1-5,10-12H,6-9,13-15H2,(H,24,28)(H,25,29). The molecule has 0 bridgehead atoms. The summed E-state index contributed by atoms with van der Waals surface area (Å²) in [5.41, 5.74) is 1.67. The molecule has 0 radical (unpaired) electrons. The lowest BCUT2D eigenvalue weighted by Gasteiger charge is -2.33. The maximum atomic E-state index is 12.3. The number of carbonyl (C=O) groups is 2. The van der Waals surface area contributed by atoms with Gasteiger partial charge >= 0.3 is 0 Å². The fraction of sp³-hybridized carbons (Fsp3) is 0.333. The molecule has 1 saturated heterocycles. The van der Waals surface area contributed by atoms with Crippen molar-refractivity contribution in [2.75, 3.05) is 44.6 Å². The third-order valence-electron chi connectivity index (χ3n) is 4.68. The number of amides is 2. The van der Waals surface area contributed by atoms with Crippen molar-refractivity contribution < 1.29 is 9.59 Å². The van der Waals surface area contributed by atoms with Crippen LogP contribution in [0.4, 0.5) is 5.69 Å². The second-order valence-electron chi connectivity index (χ2n) is 7.02. The molecule has 8 heteroatoms. The Morgan fingerprint density at radius 1 is 0.828 bits per heavy atom. The third-order valence-corrected chi connectivity index (χ3v) is 5.11. The number of nitrogens with zero attached hydrogens (tertiary/aromatic N) is 2. The van der Waals surface area contributed by atoms with Gasteiger partial charge in [0.25, 0.3) is 0 Å². The zero-order valence-electron chi connectivity index (χ0n) is 16.0. The first-order valence-corrected chi connectivity index (χ1v) is 10.2. The van der Waals surface area contributed by atoms with Crippen molar-refractivity contribution in [3.8, 4) is 0 Å². The van der Waals surface area contributed by atoms with Crippen LogP contribution < -0.4 is 10.6 Å². The van der Waals surface area contributed by atoms with Crippen molar-refractivity contribution in [1.29, 1.82) is 0 Å². The molecule has 6 nitrogen and oxygen atoms in total. The molecule has 29 heavy (non-hydrogen) atoms. The van der Waals surface area contributed by atoms with Gasteiger partial charge in [0.1, 0.15) is 0 Å². The highest BCUT2D eigenvalue weighted by Crippen LogP contribution is 2.22. The average Bonchev–Trinajstić information content (AvgIpc) is 2.68. The van der Waals surface area contributed by atoms with Crippen molar-refractivity contribution in [1.82, 2.24) is 15.1 Å². The van der Waals surface area contributed by atoms with Gasteiger partial charge in [-0.3, -0.25) is 19.4 Å². The predicted octanol–water partition coefficient (Wildman–Crippen LogP) is 2.87. The van der Waals surface area contributed by atoms with Crippen molar-refractivity contribution in [2.45, 2.75) is 6.54 Å². The first-order chi connectivity index (χ1) is 14.0.